The first-order valence-corrected chi connectivity index (χ1v) is 7.44. The second-order valence-electron chi connectivity index (χ2n) is 5.17. The van der Waals surface area contributed by atoms with Crippen molar-refractivity contribution < 1.29 is 9.53 Å². The van der Waals surface area contributed by atoms with E-state index in [0.29, 0.717) is 22.3 Å². The zero-order valence-corrected chi connectivity index (χ0v) is 13.3. The number of rotatable bonds is 3. The van der Waals surface area contributed by atoms with Crippen molar-refractivity contribution in [1.29, 1.82) is 0 Å². The van der Waals surface area contributed by atoms with Gasteiger partial charge in [0, 0.05) is 12.4 Å². The second kappa shape index (κ2) is 6.11. The Labute approximate surface area is 137 Å². The SMILES string of the molecule is CCOC(=O)c1cc2c(=O)n(-c3cccnc3N)ccc2nc1C. The van der Waals surface area contributed by atoms with Gasteiger partial charge in [0.1, 0.15) is 5.82 Å². The van der Waals surface area contributed by atoms with Crippen molar-refractivity contribution in [1.82, 2.24) is 14.5 Å². The molecule has 122 valence electrons. The number of anilines is 1. The predicted octanol–water partition coefficient (Wildman–Crippen LogP) is 1.85. The third kappa shape index (κ3) is 2.60. The average molecular weight is 324 g/mol. The number of nitrogens with two attached hydrogens (primary N) is 1. The number of aryl methyl sites for hydroxylation is 1. The highest BCUT2D eigenvalue weighted by atomic mass is 16.5. The molecule has 0 spiro atoms. The zero-order valence-electron chi connectivity index (χ0n) is 13.3. The Morgan fingerprint density at radius 3 is 2.88 bits per heavy atom. The smallest absolute Gasteiger partial charge is 0.339 e. The summed E-state index contributed by atoms with van der Waals surface area (Å²) in [5.41, 5.74) is 7.29. The van der Waals surface area contributed by atoms with Crippen LogP contribution in [-0.4, -0.2) is 27.1 Å². The maximum absolute atomic E-state index is 12.8. The van der Waals surface area contributed by atoms with Crippen LogP contribution in [0.3, 0.4) is 0 Å². The summed E-state index contributed by atoms with van der Waals surface area (Å²) in [6.45, 7) is 3.68. The first kappa shape index (κ1) is 15.7. The molecule has 24 heavy (non-hydrogen) atoms. The molecule has 7 heteroatoms. The Kier molecular flexibility index (Phi) is 3.99. The van der Waals surface area contributed by atoms with Crippen molar-refractivity contribution in [2.75, 3.05) is 12.3 Å². The number of aromatic nitrogens is 3. The highest BCUT2D eigenvalue weighted by Crippen LogP contribution is 2.17. The third-order valence-corrected chi connectivity index (χ3v) is 3.64. The van der Waals surface area contributed by atoms with Crippen LogP contribution in [0.2, 0.25) is 0 Å². The summed E-state index contributed by atoms with van der Waals surface area (Å²) in [4.78, 5) is 33.2. The number of carbonyl (C=O) groups excluding carboxylic acids is 1. The van der Waals surface area contributed by atoms with Crippen LogP contribution in [0.25, 0.3) is 16.6 Å². The summed E-state index contributed by atoms with van der Waals surface area (Å²) in [6.07, 6.45) is 3.14. The molecular formula is C17H16N4O3. The highest BCUT2D eigenvalue weighted by Gasteiger charge is 2.15. The van der Waals surface area contributed by atoms with Crippen LogP contribution >= 0.6 is 0 Å². The van der Waals surface area contributed by atoms with Gasteiger partial charge in [-0.15, -0.1) is 0 Å². The molecule has 3 aromatic heterocycles. The lowest BCUT2D eigenvalue weighted by Crippen LogP contribution is -2.20. The lowest BCUT2D eigenvalue weighted by atomic mass is 10.1. The van der Waals surface area contributed by atoms with E-state index in [9.17, 15) is 9.59 Å². The Hall–Kier alpha value is -3.22. The summed E-state index contributed by atoms with van der Waals surface area (Å²) < 4.78 is 6.40. The molecule has 3 heterocycles. The maximum atomic E-state index is 12.8. The zero-order chi connectivity index (χ0) is 17.3. The molecule has 3 rings (SSSR count). The van der Waals surface area contributed by atoms with E-state index in [2.05, 4.69) is 9.97 Å². The summed E-state index contributed by atoms with van der Waals surface area (Å²) in [7, 11) is 0. The number of ether oxygens (including phenoxy) is 1. The van der Waals surface area contributed by atoms with Crippen LogP contribution in [0.1, 0.15) is 23.0 Å². The standard InChI is InChI=1S/C17H16N4O3/c1-3-24-17(23)11-9-12-13(20-10(11)2)6-8-21(16(12)22)14-5-4-7-19-15(14)18/h4-9H,3H2,1-2H3,(H2,18,19). The van der Waals surface area contributed by atoms with Gasteiger partial charge in [0.25, 0.3) is 5.56 Å². The molecule has 0 unspecified atom stereocenters. The Bertz CT molecular complexity index is 995. The number of carbonyl (C=O) groups is 1. The van der Waals surface area contributed by atoms with Gasteiger partial charge < -0.3 is 10.5 Å². The number of nitrogens with zero attached hydrogens (tertiary/aromatic N) is 3. The van der Waals surface area contributed by atoms with Crippen LogP contribution in [0.5, 0.6) is 0 Å². The van der Waals surface area contributed by atoms with Crippen molar-refractivity contribution in [2.45, 2.75) is 13.8 Å². The third-order valence-electron chi connectivity index (χ3n) is 3.64. The van der Waals surface area contributed by atoms with E-state index in [1.165, 1.54) is 10.6 Å². The molecule has 7 nitrogen and oxygen atoms in total. The normalized spacial score (nSPS) is 10.8. The van der Waals surface area contributed by atoms with Crippen LogP contribution in [-0.2, 0) is 4.74 Å². The predicted molar refractivity (Wildman–Crippen MR) is 90.2 cm³/mol. The molecule has 0 aliphatic rings. The van der Waals surface area contributed by atoms with Gasteiger partial charge in [-0.3, -0.25) is 14.3 Å². The van der Waals surface area contributed by atoms with E-state index in [1.807, 2.05) is 0 Å². The van der Waals surface area contributed by atoms with Gasteiger partial charge in [-0.2, -0.15) is 0 Å². The number of esters is 1. The molecule has 0 atom stereocenters. The van der Waals surface area contributed by atoms with Crippen molar-refractivity contribution in [2.24, 2.45) is 0 Å². The molecule has 3 aromatic rings. The van der Waals surface area contributed by atoms with Crippen molar-refractivity contribution in [3.63, 3.8) is 0 Å². The molecule has 0 aliphatic carbocycles. The average Bonchev–Trinajstić information content (AvgIpc) is 2.56. The summed E-state index contributed by atoms with van der Waals surface area (Å²) in [5.74, 6) is -0.260. The van der Waals surface area contributed by atoms with E-state index in [-0.39, 0.29) is 23.5 Å². The van der Waals surface area contributed by atoms with Crippen LogP contribution < -0.4 is 11.3 Å². The van der Waals surface area contributed by atoms with Crippen molar-refractivity contribution >= 4 is 22.7 Å². The van der Waals surface area contributed by atoms with E-state index in [4.69, 9.17) is 10.5 Å². The number of fused-ring (bicyclic) bond motifs is 1. The van der Waals surface area contributed by atoms with Crippen LogP contribution in [0.4, 0.5) is 5.82 Å². The first-order valence-electron chi connectivity index (χ1n) is 7.44. The lowest BCUT2D eigenvalue weighted by Gasteiger charge is -2.10. The van der Waals surface area contributed by atoms with Crippen LogP contribution in [0.15, 0.2) is 41.5 Å². The highest BCUT2D eigenvalue weighted by molar-refractivity contribution is 5.95. The van der Waals surface area contributed by atoms with Gasteiger partial charge in [0.15, 0.2) is 0 Å². The second-order valence-corrected chi connectivity index (χ2v) is 5.17. The van der Waals surface area contributed by atoms with Crippen molar-refractivity contribution in [3.8, 4) is 5.69 Å². The van der Waals surface area contributed by atoms with Crippen molar-refractivity contribution in [3.05, 3.63) is 58.3 Å². The minimum atomic E-state index is -0.500. The molecular weight excluding hydrogens is 308 g/mol. The molecule has 2 N–H and O–H groups in total. The summed E-state index contributed by atoms with van der Waals surface area (Å²) >= 11 is 0. The Morgan fingerprint density at radius 2 is 2.17 bits per heavy atom. The number of pyridine rings is 3. The van der Waals surface area contributed by atoms with E-state index in [1.54, 1.807) is 44.4 Å². The molecule has 0 aliphatic heterocycles. The number of hydrogen-bond donors (Lipinski definition) is 1. The molecule has 0 fully saturated rings. The van der Waals surface area contributed by atoms with Gasteiger partial charge in [0.05, 0.1) is 34.5 Å². The first-order chi connectivity index (χ1) is 11.5. The fourth-order valence-electron chi connectivity index (χ4n) is 2.48. The number of hydrogen-bond acceptors (Lipinski definition) is 6. The van der Waals surface area contributed by atoms with E-state index < -0.39 is 5.97 Å². The number of nitrogen functional groups attached to an aromatic ring is 1. The molecule has 0 saturated carbocycles. The lowest BCUT2D eigenvalue weighted by molar-refractivity contribution is 0.0525. The molecule has 0 amide bonds. The van der Waals surface area contributed by atoms with Gasteiger partial charge in [-0.1, -0.05) is 0 Å². The van der Waals surface area contributed by atoms with Gasteiger partial charge in [0.2, 0.25) is 0 Å². The van der Waals surface area contributed by atoms with Gasteiger partial charge >= 0.3 is 5.97 Å². The minimum absolute atomic E-state index is 0.240. The van der Waals surface area contributed by atoms with Gasteiger partial charge in [-0.05, 0) is 38.1 Å². The minimum Gasteiger partial charge on any atom is -0.462 e. The molecule has 0 radical (unpaired) electrons. The quantitative estimate of drug-likeness (QED) is 0.738. The molecule has 0 saturated heterocycles. The van der Waals surface area contributed by atoms with Gasteiger partial charge in [-0.25, -0.2) is 9.78 Å². The Morgan fingerprint density at radius 1 is 1.38 bits per heavy atom. The largest absolute Gasteiger partial charge is 0.462 e. The Balaban J connectivity index is 2.25. The monoisotopic (exact) mass is 324 g/mol. The summed E-state index contributed by atoms with van der Waals surface area (Å²) in [5, 5.41) is 0.314. The summed E-state index contributed by atoms with van der Waals surface area (Å²) in [6, 6.07) is 6.61. The fraction of sp³-hybridized carbons (Fsp3) is 0.176. The van der Waals surface area contributed by atoms with E-state index >= 15 is 0 Å². The van der Waals surface area contributed by atoms with E-state index in [0.717, 1.165) is 0 Å². The molecule has 0 bridgehead atoms. The fourth-order valence-corrected chi connectivity index (χ4v) is 2.48. The molecule has 0 aromatic carbocycles. The topological polar surface area (TPSA) is 100 Å². The van der Waals surface area contributed by atoms with Crippen LogP contribution in [0, 0.1) is 6.92 Å². The maximum Gasteiger partial charge on any atom is 0.339 e.